The summed E-state index contributed by atoms with van der Waals surface area (Å²) in [7, 11) is -4.91. The molecule has 0 spiro atoms. The maximum atomic E-state index is 12.5. The van der Waals surface area contributed by atoms with Gasteiger partial charge < -0.3 is 124 Å². The van der Waals surface area contributed by atoms with Crippen LogP contribution in [-0.4, -0.2) is 281 Å². The molecule has 0 bridgehead atoms. The van der Waals surface area contributed by atoms with Crippen LogP contribution in [0.25, 0.3) is 0 Å². The van der Waals surface area contributed by atoms with Crippen LogP contribution in [0.1, 0.15) is 108 Å². The Hall–Kier alpha value is -1.39. The van der Waals surface area contributed by atoms with Crippen molar-refractivity contribution in [2.75, 3.05) is 6.61 Å². The molecule has 9 fully saturated rings. The first-order valence-electron chi connectivity index (χ1n) is 31.1. The van der Waals surface area contributed by atoms with Crippen LogP contribution in [0.2, 0.25) is 0 Å². The second-order valence-corrected chi connectivity index (χ2v) is 29.0. The maximum absolute atomic E-state index is 12.5. The Morgan fingerprint density at radius 2 is 1.11 bits per heavy atom. The summed E-state index contributed by atoms with van der Waals surface area (Å²) in [6, 6.07) is 0. The summed E-state index contributed by atoms with van der Waals surface area (Å²) < 4.78 is 107. The molecule has 0 radical (unpaired) electrons. The molecule has 10 aliphatic rings. The minimum Gasteiger partial charge on any atom is -0.394 e. The number of fused-ring (bicyclic) bond motifs is 5. The molecule has 4 aliphatic carbocycles. The van der Waals surface area contributed by atoms with E-state index in [2.05, 4.69) is 40.7 Å². The summed E-state index contributed by atoms with van der Waals surface area (Å²) in [5.41, 5.74) is -1.70. The van der Waals surface area contributed by atoms with Gasteiger partial charge in [0.1, 0.15) is 104 Å². The third-order valence-corrected chi connectivity index (χ3v) is 22.5. The molecule has 0 aromatic rings. The van der Waals surface area contributed by atoms with E-state index in [1.165, 1.54) is 27.7 Å². The lowest BCUT2D eigenvalue weighted by molar-refractivity contribution is -0.407. The summed E-state index contributed by atoms with van der Waals surface area (Å²) in [4.78, 5) is 0. The smallest absolute Gasteiger partial charge is 0.394 e. The first-order valence-corrected chi connectivity index (χ1v) is 32.5. The van der Waals surface area contributed by atoms with Gasteiger partial charge in [0.2, 0.25) is 0 Å². The normalized spacial score (nSPS) is 54.4. The molecule has 29 nitrogen and oxygen atoms in total. The fourth-order valence-electron chi connectivity index (χ4n) is 16.6. The Morgan fingerprint density at radius 1 is 0.591 bits per heavy atom. The molecule has 0 aromatic heterocycles. The quantitative estimate of drug-likeness (QED) is 0.0386. The van der Waals surface area contributed by atoms with Crippen molar-refractivity contribution in [2.45, 2.75) is 297 Å². The van der Waals surface area contributed by atoms with Crippen molar-refractivity contribution in [3.8, 4) is 0 Å². The van der Waals surface area contributed by atoms with Gasteiger partial charge in [0.15, 0.2) is 31.5 Å². The van der Waals surface area contributed by atoms with Crippen LogP contribution < -0.4 is 0 Å². The van der Waals surface area contributed by atoms with Crippen LogP contribution in [0, 0.1) is 46.3 Å². The lowest BCUT2D eigenvalue weighted by atomic mass is 9.47. The van der Waals surface area contributed by atoms with E-state index >= 15 is 0 Å². The highest BCUT2D eigenvalue weighted by molar-refractivity contribution is 7.80. The van der Waals surface area contributed by atoms with Crippen LogP contribution >= 0.6 is 0 Å². The summed E-state index contributed by atoms with van der Waals surface area (Å²) in [6.45, 7) is 16.9. The molecule has 508 valence electrons. The molecular formula is C58H96O29S. The third-order valence-electron chi connectivity index (χ3n) is 22.0. The van der Waals surface area contributed by atoms with Crippen molar-refractivity contribution >= 4 is 10.4 Å². The van der Waals surface area contributed by atoms with Gasteiger partial charge in [-0.25, -0.2) is 4.18 Å². The zero-order valence-electron chi connectivity index (χ0n) is 51.1. The molecule has 15 N–H and O–H groups in total. The van der Waals surface area contributed by atoms with E-state index in [-0.39, 0.29) is 49.0 Å². The molecule has 0 amide bonds. The molecule has 30 heteroatoms. The van der Waals surface area contributed by atoms with Gasteiger partial charge in [-0.05, 0) is 114 Å². The molecule has 0 unspecified atom stereocenters. The fraction of sp³-hybridized carbons (Fsp3) is 0.966. The maximum Gasteiger partial charge on any atom is 0.397 e. The standard InChI is InChI=1S/C58H96O29S/c1-19(2)20(3)44-50(82-44)58(10,72)49-30(60)17-28-26-16-31(29-15-25(87-88(73,74)75)11-13-56(29,8)27(26)12-14-57(28,49)9)80-53-43(71)46(35(63)23(6)78-53)84-54-48(86-52-41(69)38(66)34(62)22(5)77-52)42(70)45(24(7)79-54)83-55-47(39(67)36(64)32(18-59)81-55)85-51-40(68)37(65)33(61)21(4)76-51/h12,19-26,28-55,59-72H,11,13-18H2,1-10H3,(H,73,74,75)/t20-,21+,22+,23+,24+,25-,26+,28-,29+,30-,31-,32+,33-,34+,35+,36+,37-,38-,39-,40+,41+,42-,43+,44-,45+,46-,47+,48+,49-,50+,51-,52-,53-,54-,55-,56+,57-,58+/m0/s1. The number of hydrogen-bond acceptors (Lipinski definition) is 28. The molecular weight excluding hydrogens is 1190 g/mol. The molecule has 88 heavy (non-hydrogen) atoms. The molecule has 6 aliphatic heterocycles. The van der Waals surface area contributed by atoms with Crippen molar-refractivity contribution in [1.29, 1.82) is 0 Å². The van der Waals surface area contributed by atoms with Gasteiger partial charge in [-0.2, -0.15) is 8.42 Å². The Balaban J connectivity index is 0.930. The Bertz CT molecular complexity index is 2530. The second-order valence-electron chi connectivity index (χ2n) is 27.9. The molecule has 38 atom stereocenters. The number of epoxide rings is 1. The highest BCUT2D eigenvalue weighted by Crippen LogP contribution is 2.68. The van der Waals surface area contributed by atoms with E-state index in [0.717, 1.165) is 5.57 Å². The Kier molecular flexibility index (Phi) is 20.5. The monoisotopic (exact) mass is 1290 g/mol. The molecule has 3 saturated carbocycles. The largest absolute Gasteiger partial charge is 0.397 e. The lowest BCUT2D eigenvalue weighted by Gasteiger charge is -2.60. The van der Waals surface area contributed by atoms with Gasteiger partial charge in [-0.3, -0.25) is 4.55 Å². The zero-order chi connectivity index (χ0) is 64.5. The van der Waals surface area contributed by atoms with E-state index in [1.54, 1.807) is 6.92 Å². The van der Waals surface area contributed by atoms with Crippen LogP contribution in [-0.2, 0) is 66.7 Å². The zero-order valence-corrected chi connectivity index (χ0v) is 52.0. The van der Waals surface area contributed by atoms with E-state index in [9.17, 15) is 84.5 Å². The number of rotatable bonds is 17. The number of ether oxygens (including phenoxy) is 11. The molecule has 10 rings (SSSR count). The van der Waals surface area contributed by atoms with Gasteiger partial charge in [0.25, 0.3) is 0 Å². The van der Waals surface area contributed by atoms with Gasteiger partial charge in [-0.15, -0.1) is 0 Å². The van der Waals surface area contributed by atoms with Crippen molar-refractivity contribution in [3.63, 3.8) is 0 Å². The fourth-order valence-corrected chi connectivity index (χ4v) is 17.1. The summed E-state index contributed by atoms with van der Waals surface area (Å²) >= 11 is 0. The number of hydrogen-bond donors (Lipinski definition) is 15. The van der Waals surface area contributed by atoms with Crippen LogP contribution in [0.3, 0.4) is 0 Å². The highest BCUT2D eigenvalue weighted by Gasteiger charge is 2.69. The first kappa shape index (κ1) is 69.4. The lowest BCUT2D eigenvalue weighted by Crippen LogP contribution is -2.68. The van der Waals surface area contributed by atoms with Crippen LogP contribution in [0.15, 0.2) is 11.6 Å². The molecule has 6 saturated heterocycles. The van der Waals surface area contributed by atoms with Crippen molar-refractivity contribution in [1.82, 2.24) is 0 Å². The van der Waals surface area contributed by atoms with Gasteiger partial charge in [0.05, 0.1) is 61.0 Å². The minimum atomic E-state index is -4.91. The van der Waals surface area contributed by atoms with E-state index in [1.807, 2.05) is 0 Å². The topological polar surface area (TPSA) is 452 Å². The molecule has 6 heterocycles. The summed E-state index contributed by atoms with van der Waals surface area (Å²) in [5.74, 6) is -1.22. The predicted octanol–water partition coefficient (Wildman–Crippen LogP) is -3.26. The number of aliphatic hydroxyl groups excluding tert-OH is 13. The van der Waals surface area contributed by atoms with E-state index in [4.69, 9.17) is 56.3 Å². The Morgan fingerprint density at radius 3 is 1.68 bits per heavy atom. The second kappa shape index (κ2) is 26.0. The van der Waals surface area contributed by atoms with Crippen molar-refractivity contribution in [3.05, 3.63) is 11.6 Å². The van der Waals surface area contributed by atoms with Gasteiger partial charge in [0, 0.05) is 5.92 Å². The van der Waals surface area contributed by atoms with Crippen LogP contribution in [0.5, 0.6) is 0 Å². The average molecular weight is 1290 g/mol. The first-order chi connectivity index (χ1) is 41.0. The minimum absolute atomic E-state index is 0.0669. The summed E-state index contributed by atoms with van der Waals surface area (Å²) in [6.07, 6.45) is -42.4. The summed E-state index contributed by atoms with van der Waals surface area (Å²) in [5, 5.41) is 159. The SMILES string of the molecule is CC(C)[C@H](C)[C@@H]1O[C@H]1[C@](C)(O)[C@H]1[C@@H](O)C[C@H]2[C@@H]3C[C@H](O[C@@H]4O[C@H](C)[C@@H](O)[C@H](O[C@@H]5O[C@H](C)[C@@H](O[C@@H]6O[C@H](CO)[C@@H](O)[C@H](O)[C@H]6O[C@@H]6O[C@H](C)[C@H](O)[C@H](O)[C@H]6O)[C@H](O)[C@H]5O[C@@H]5O[C@H](C)[C@@H](O)[C@H](O)[C@H]5O)[C@H]4O)[C@H]4C[C@@H](OS(=O)(=O)O)CC[C@]4(C)C3=CC[C@]12C. The van der Waals surface area contributed by atoms with Crippen molar-refractivity contribution in [2.24, 2.45) is 46.3 Å². The number of allylic oxidation sites excluding steroid dienone is 2. The van der Waals surface area contributed by atoms with Crippen molar-refractivity contribution < 1.29 is 141 Å². The number of aliphatic hydroxyl groups is 14. The van der Waals surface area contributed by atoms with E-state index < -0.39 is 223 Å². The van der Waals surface area contributed by atoms with E-state index in [0.29, 0.717) is 19.3 Å². The highest BCUT2D eigenvalue weighted by atomic mass is 32.3. The molecule has 0 aromatic carbocycles. The third kappa shape index (κ3) is 12.7. The van der Waals surface area contributed by atoms with Gasteiger partial charge >= 0.3 is 10.4 Å². The average Bonchev–Trinajstić information content (AvgIpc) is 1.44. The van der Waals surface area contributed by atoms with Gasteiger partial charge in [-0.1, -0.05) is 46.3 Å². The Labute approximate surface area is 511 Å². The predicted molar refractivity (Wildman–Crippen MR) is 295 cm³/mol. The van der Waals surface area contributed by atoms with Crippen LogP contribution in [0.4, 0.5) is 0 Å².